The van der Waals surface area contributed by atoms with Gasteiger partial charge in [-0.2, -0.15) is 16.7 Å². The van der Waals surface area contributed by atoms with Gasteiger partial charge in [-0.1, -0.05) is 12.1 Å². The van der Waals surface area contributed by atoms with E-state index in [1.807, 2.05) is 11.8 Å². The number of hydrogen-bond donors (Lipinski definition) is 1. The minimum absolute atomic E-state index is 0.369. The molecule has 1 aromatic rings. The summed E-state index contributed by atoms with van der Waals surface area (Å²) in [6, 6.07) is 0.369. The topological polar surface area (TPSA) is 64.9 Å². The van der Waals surface area contributed by atoms with Gasteiger partial charge < -0.3 is 10.3 Å². The van der Waals surface area contributed by atoms with Crippen molar-refractivity contribution in [3.8, 4) is 0 Å². The average Bonchev–Trinajstić information content (AvgIpc) is 2.79. The molecule has 0 radical (unpaired) electrons. The molecule has 0 amide bonds. The molecule has 1 heterocycles. The highest BCUT2D eigenvalue weighted by molar-refractivity contribution is 7.98. The lowest BCUT2D eigenvalue weighted by atomic mass is 9.86. The number of nitrogens with zero attached hydrogens (tertiary/aromatic N) is 2. The maximum atomic E-state index is 5.89. The monoisotopic (exact) mass is 255 g/mol. The lowest BCUT2D eigenvalue weighted by Gasteiger charge is -2.22. The highest BCUT2D eigenvalue weighted by atomic mass is 32.2. The molecule has 0 aromatic carbocycles. The fourth-order valence-corrected chi connectivity index (χ4v) is 2.90. The largest absolute Gasteiger partial charge is 0.339 e. The molecule has 1 fully saturated rings. The first kappa shape index (κ1) is 12.9. The summed E-state index contributed by atoms with van der Waals surface area (Å²) in [5, 5.41) is 4.04. The number of aromatic nitrogens is 2. The highest BCUT2D eigenvalue weighted by Gasteiger charge is 2.24. The van der Waals surface area contributed by atoms with Gasteiger partial charge in [0.05, 0.1) is 5.75 Å². The van der Waals surface area contributed by atoms with Crippen molar-refractivity contribution < 1.29 is 4.52 Å². The SMILES string of the molecule is CCCSCc1noc(C2CCC(N)CC2)n1. The van der Waals surface area contributed by atoms with Gasteiger partial charge in [0.1, 0.15) is 0 Å². The molecule has 5 heteroatoms. The Labute approximate surface area is 107 Å². The molecule has 2 N–H and O–H groups in total. The van der Waals surface area contributed by atoms with Gasteiger partial charge in [0, 0.05) is 12.0 Å². The summed E-state index contributed by atoms with van der Waals surface area (Å²) in [5.74, 6) is 4.12. The first-order chi connectivity index (χ1) is 8.29. The quantitative estimate of drug-likeness (QED) is 0.819. The third kappa shape index (κ3) is 3.71. The van der Waals surface area contributed by atoms with Crippen LogP contribution in [0, 0.1) is 0 Å². The van der Waals surface area contributed by atoms with E-state index in [1.54, 1.807) is 0 Å². The third-order valence-electron chi connectivity index (χ3n) is 3.18. The molecule has 1 aromatic heterocycles. The van der Waals surface area contributed by atoms with Crippen molar-refractivity contribution in [3.05, 3.63) is 11.7 Å². The van der Waals surface area contributed by atoms with Crippen molar-refractivity contribution in [3.63, 3.8) is 0 Å². The van der Waals surface area contributed by atoms with Crippen LogP contribution in [0.5, 0.6) is 0 Å². The van der Waals surface area contributed by atoms with Crippen LogP contribution in [0.2, 0.25) is 0 Å². The second-order valence-corrected chi connectivity index (χ2v) is 5.82. The maximum absolute atomic E-state index is 5.89. The fraction of sp³-hybridized carbons (Fsp3) is 0.833. The Morgan fingerprint density at radius 1 is 1.35 bits per heavy atom. The van der Waals surface area contributed by atoms with Gasteiger partial charge in [-0.15, -0.1) is 0 Å². The van der Waals surface area contributed by atoms with Gasteiger partial charge in [-0.05, 0) is 37.9 Å². The maximum Gasteiger partial charge on any atom is 0.229 e. The zero-order valence-electron chi connectivity index (χ0n) is 10.4. The first-order valence-electron chi connectivity index (χ1n) is 6.45. The Bertz CT molecular complexity index is 334. The van der Waals surface area contributed by atoms with Crippen molar-refractivity contribution in [1.29, 1.82) is 0 Å². The molecule has 96 valence electrons. The Hall–Kier alpha value is -0.550. The molecule has 1 aliphatic rings. The molecule has 2 rings (SSSR count). The van der Waals surface area contributed by atoms with Crippen LogP contribution in [0.1, 0.15) is 56.7 Å². The third-order valence-corrected chi connectivity index (χ3v) is 4.34. The van der Waals surface area contributed by atoms with Crippen LogP contribution >= 0.6 is 11.8 Å². The van der Waals surface area contributed by atoms with E-state index in [9.17, 15) is 0 Å². The van der Waals surface area contributed by atoms with Gasteiger partial charge in [0.15, 0.2) is 5.82 Å². The first-order valence-corrected chi connectivity index (χ1v) is 7.61. The normalized spacial score (nSPS) is 25.1. The summed E-state index contributed by atoms with van der Waals surface area (Å²) in [7, 11) is 0. The Balaban J connectivity index is 1.85. The van der Waals surface area contributed by atoms with Crippen LogP contribution in [0.15, 0.2) is 4.52 Å². The summed E-state index contributed by atoms with van der Waals surface area (Å²) in [6.07, 6.45) is 5.52. The van der Waals surface area contributed by atoms with Crippen molar-refractivity contribution in [1.82, 2.24) is 10.1 Å². The Morgan fingerprint density at radius 3 is 2.82 bits per heavy atom. The second-order valence-electron chi connectivity index (χ2n) is 4.71. The lowest BCUT2D eigenvalue weighted by molar-refractivity contribution is 0.300. The second kappa shape index (κ2) is 6.40. The van der Waals surface area contributed by atoms with Crippen LogP contribution in [0.4, 0.5) is 0 Å². The molecular formula is C12H21N3OS. The highest BCUT2D eigenvalue weighted by Crippen LogP contribution is 2.31. The standard InChI is InChI=1S/C12H21N3OS/c1-2-7-17-8-11-14-12(16-15-11)9-3-5-10(13)6-4-9/h9-10H,2-8,13H2,1H3. The molecule has 0 unspecified atom stereocenters. The molecule has 1 saturated carbocycles. The van der Waals surface area contributed by atoms with E-state index in [-0.39, 0.29) is 0 Å². The summed E-state index contributed by atoms with van der Waals surface area (Å²) in [4.78, 5) is 4.49. The van der Waals surface area contributed by atoms with E-state index in [0.717, 1.165) is 48.9 Å². The van der Waals surface area contributed by atoms with Gasteiger partial charge in [-0.25, -0.2) is 0 Å². The zero-order valence-corrected chi connectivity index (χ0v) is 11.2. The van der Waals surface area contributed by atoms with E-state index >= 15 is 0 Å². The van der Waals surface area contributed by atoms with E-state index < -0.39 is 0 Å². The smallest absolute Gasteiger partial charge is 0.229 e. The van der Waals surface area contributed by atoms with Crippen molar-refractivity contribution in [2.24, 2.45) is 5.73 Å². The molecule has 0 spiro atoms. The minimum atomic E-state index is 0.369. The summed E-state index contributed by atoms with van der Waals surface area (Å²) >= 11 is 1.86. The molecule has 17 heavy (non-hydrogen) atoms. The van der Waals surface area contributed by atoms with E-state index in [0.29, 0.717) is 12.0 Å². The number of nitrogens with two attached hydrogens (primary N) is 1. The molecule has 4 nitrogen and oxygen atoms in total. The predicted octanol–water partition coefficient (Wildman–Crippen LogP) is 2.70. The lowest BCUT2D eigenvalue weighted by Crippen LogP contribution is -2.25. The number of hydrogen-bond acceptors (Lipinski definition) is 5. The Morgan fingerprint density at radius 2 is 2.12 bits per heavy atom. The van der Waals surface area contributed by atoms with Gasteiger partial charge >= 0.3 is 0 Å². The van der Waals surface area contributed by atoms with Gasteiger partial charge in [0.2, 0.25) is 5.89 Å². The van der Waals surface area contributed by atoms with Crippen molar-refractivity contribution in [2.45, 2.75) is 56.7 Å². The van der Waals surface area contributed by atoms with Crippen LogP contribution in [0.3, 0.4) is 0 Å². The molecule has 0 saturated heterocycles. The fourth-order valence-electron chi connectivity index (χ4n) is 2.17. The average molecular weight is 255 g/mol. The van der Waals surface area contributed by atoms with Crippen LogP contribution in [-0.2, 0) is 5.75 Å². The van der Waals surface area contributed by atoms with Crippen LogP contribution < -0.4 is 5.73 Å². The molecule has 0 atom stereocenters. The minimum Gasteiger partial charge on any atom is -0.339 e. The van der Waals surface area contributed by atoms with Crippen LogP contribution in [-0.4, -0.2) is 21.9 Å². The van der Waals surface area contributed by atoms with E-state index in [2.05, 4.69) is 17.1 Å². The van der Waals surface area contributed by atoms with E-state index in [1.165, 1.54) is 6.42 Å². The van der Waals surface area contributed by atoms with Crippen molar-refractivity contribution >= 4 is 11.8 Å². The number of thioether (sulfide) groups is 1. The molecule has 0 bridgehead atoms. The predicted molar refractivity (Wildman–Crippen MR) is 69.9 cm³/mol. The zero-order chi connectivity index (χ0) is 12.1. The summed E-state index contributed by atoms with van der Waals surface area (Å²) < 4.78 is 5.35. The van der Waals surface area contributed by atoms with E-state index in [4.69, 9.17) is 10.3 Å². The summed E-state index contributed by atoms with van der Waals surface area (Å²) in [6.45, 7) is 2.18. The Kier molecular flexibility index (Phi) is 4.86. The molecule has 1 aliphatic carbocycles. The molecular weight excluding hydrogens is 234 g/mol. The van der Waals surface area contributed by atoms with Crippen molar-refractivity contribution in [2.75, 3.05) is 5.75 Å². The summed E-state index contributed by atoms with van der Waals surface area (Å²) in [5.41, 5.74) is 5.89. The van der Waals surface area contributed by atoms with Gasteiger partial charge in [-0.3, -0.25) is 0 Å². The number of rotatable bonds is 5. The van der Waals surface area contributed by atoms with Crippen LogP contribution in [0.25, 0.3) is 0 Å². The van der Waals surface area contributed by atoms with Gasteiger partial charge in [0.25, 0.3) is 0 Å². The molecule has 0 aliphatic heterocycles.